The van der Waals surface area contributed by atoms with Crippen LogP contribution < -0.4 is 20.2 Å². The van der Waals surface area contributed by atoms with Gasteiger partial charge in [-0.05, 0) is 60.8 Å². The smallest absolute Gasteiger partial charge is 0.258 e. The molecule has 0 bridgehead atoms. The van der Waals surface area contributed by atoms with Crippen LogP contribution in [0.2, 0.25) is 26.2 Å². The van der Waals surface area contributed by atoms with Crippen LogP contribution in [-0.2, 0) is 23.3 Å². The minimum Gasteiger partial charge on any atom is -0.449 e. The molecular formula is C24H24N2O5Si2. The average Bonchev–Trinajstić information content (AvgIpc) is 3.27. The van der Waals surface area contributed by atoms with Gasteiger partial charge in [0.1, 0.15) is 0 Å². The number of hydrogen-bond acceptors (Lipinski definition) is 5. The largest absolute Gasteiger partial charge is 0.449 e. The SMILES string of the molecule is C[Si](C)(O[Si](C)(C)c1cccc(N2C(=O)C=CC2=O)c1)c1cccc(N2C(=O)C=CC2=O)c1. The van der Waals surface area contributed by atoms with Crippen molar-refractivity contribution in [2.45, 2.75) is 26.2 Å². The number of amides is 4. The van der Waals surface area contributed by atoms with Crippen LogP contribution in [0.15, 0.2) is 72.8 Å². The summed E-state index contributed by atoms with van der Waals surface area (Å²) in [6.07, 6.45) is 5.07. The van der Waals surface area contributed by atoms with Crippen LogP contribution in [0, 0.1) is 0 Å². The second-order valence-electron chi connectivity index (χ2n) is 8.91. The first kappa shape index (κ1) is 22.8. The van der Waals surface area contributed by atoms with Crippen LogP contribution in [-0.4, -0.2) is 40.3 Å². The van der Waals surface area contributed by atoms with E-state index < -0.39 is 16.6 Å². The molecule has 4 rings (SSSR count). The topological polar surface area (TPSA) is 84.0 Å². The third-order valence-corrected chi connectivity index (χ3v) is 13.2. The lowest BCUT2D eigenvalue weighted by Gasteiger charge is -2.35. The molecule has 2 aliphatic rings. The molecule has 168 valence electrons. The molecule has 0 saturated carbocycles. The Morgan fingerprint density at radius 1 is 0.576 bits per heavy atom. The molecule has 0 fully saturated rings. The molecular weight excluding hydrogens is 452 g/mol. The lowest BCUT2D eigenvalue weighted by Crippen LogP contribution is -2.57. The Morgan fingerprint density at radius 2 is 0.909 bits per heavy atom. The molecule has 0 unspecified atom stereocenters. The van der Waals surface area contributed by atoms with Crippen molar-refractivity contribution in [3.8, 4) is 0 Å². The van der Waals surface area contributed by atoms with E-state index in [-0.39, 0.29) is 23.6 Å². The van der Waals surface area contributed by atoms with Crippen LogP contribution in [0.5, 0.6) is 0 Å². The van der Waals surface area contributed by atoms with E-state index in [4.69, 9.17) is 4.12 Å². The van der Waals surface area contributed by atoms with Crippen molar-refractivity contribution in [3.63, 3.8) is 0 Å². The third-order valence-electron chi connectivity index (χ3n) is 5.73. The molecule has 4 amide bonds. The Bertz CT molecular complexity index is 1120. The third kappa shape index (κ3) is 4.30. The molecule has 0 N–H and O–H groups in total. The Kier molecular flexibility index (Phi) is 5.64. The van der Waals surface area contributed by atoms with Crippen LogP contribution >= 0.6 is 0 Å². The van der Waals surface area contributed by atoms with E-state index in [9.17, 15) is 19.2 Å². The summed E-state index contributed by atoms with van der Waals surface area (Å²) in [6.45, 7) is 8.31. The Labute approximate surface area is 194 Å². The van der Waals surface area contributed by atoms with Gasteiger partial charge < -0.3 is 4.12 Å². The minimum absolute atomic E-state index is 0.357. The number of rotatable bonds is 6. The van der Waals surface area contributed by atoms with E-state index in [0.29, 0.717) is 11.4 Å². The summed E-state index contributed by atoms with van der Waals surface area (Å²) in [5.41, 5.74) is 1.05. The van der Waals surface area contributed by atoms with Crippen LogP contribution in [0.4, 0.5) is 11.4 Å². The minimum atomic E-state index is -2.47. The molecule has 2 aromatic rings. The molecule has 0 spiro atoms. The van der Waals surface area contributed by atoms with Crippen LogP contribution in [0.3, 0.4) is 0 Å². The number of benzene rings is 2. The van der Waals surface area contributed by atoms with Crippen molar-refractivity contribution in [2.24, 2.45) is 0 Å². The highest BCUT2D eigenvalue weighted by molar-refractivity contribution is 6.97. The Balaban J connectivity index is 1.61. The first-order valence-corrected chi connectivity index (χ1v) is 16.3. The van der Waals surface area contributed by atoms with E-state index in [1.165, 1.54) is 24.3 Å². The zero-order valence-corrected chi connectivity index (χ0v) is 20.9. The number of carbonyl (C=O) groups is 4. The lowest BCUT2D eigenvalue weighted by atomic mass is 10.3. The molecule has 2 aromatic carbocycles. The van der Waals surface area contributed by atoms with Gasteiger partial charge in [-0.15, -0.1) is 0 Å². The fourth-order valence-electron chi connectivity index (χ4n) is 4.10. The number of anilines is 2. The summed E-state index contributed by atoms with van der Waals surface area (Å²) >= 11 is 0. The van der Waals surface area contributed by atoms with Gasteiger partial charge >= 0.3 is 0 Å². The van der Waals surface area contributed by atoms with Crippen molar-refractivity contribution in [1.82, 2.24) is 0 Å². The van der Waals surface area contributed by atoms with Gasteiger partial charge in [0.2, 0.25) is 16.6 Å². The van der Waals surface area contributed by atoms with E-state index in [1.54, 1.807) is 12.1 Å². The van der Waals surface area contributed by atoms with Gasteiger partial charge in [0, 0.05) is 24.3 Å². The molecule has 0 aliphatic carbocycles. The van der Waals surface area contributed by atoms with E-state index >= 15 is 0 Å². The van der Waals surface area contributed by atoms with Gasteiger partial charge in [-0.1, -0.05) is 24.3 Å². The fourth-order valence-corrected chi connectivity index (χ4v) is 12.1. The van der Waals surface area contributed by atoms with Gasteiger partial charge in [-0.2, -0.15) is 0 Å². The van der Waals surface area contributed by atoms with Gasteiger partial charge in [-0.25, -0.2) is 9.80 Å². The fraction of sp³-hybridized carbons (Fsp3) is 0.167. The van der Waals surface area contributed by atoms with Crippen molar-refractivity contribution in [2.75, 3.05) is 9.80 Å². The summed E-state index contributed by atoms with van der Waals surface area (Å²) < 4.78 is 6.81. The van der Waals surface area contributed by atoms with E-state index in [0.717, 1.165) is 20.2 Å². The molecule has 9 heteroatoms. The van der Waals surface area contributed by atoms with Crippen molar-refractivity contribution < 1.29 is 23.3 Å². The highest BCUT2D eigenvalue weighted by atomic mass is 28.4. The summed E-state index contributed by atoms with van der Waals surface area (Å²) in [5, 5.41) is 1.91. The second kappa shape index (κ2) is 8.18. The van der Waals surface area contributed by atoms with E-state index in [2.05, 4.69) is 26.2 Å². The number of carbonyl (C=O) groups excluding carboxylic acids is 4. The van der Waals surface area contributed by atoms with Crippen molar-refractivity contribution in [1.29, 1.82) is 0 Å². The predicted octanol–water partition coefficient (Wildman–Crippen LogP) is 2.09. The number of hydrogen-bond donors (Lipinski definition) is 0. The lowest BCUT2D eigenvalue weighted by molar-refractivity contribution is -0.121. The summed E-state index contributed by atoms with van der Waals surface area (Å²) in [7, 11) is -4.94. The molecule has 33 heavy (non-hydrogen) atoms. The molecule has 0 saturated heterocycles. The standard InChI is InChI=1S/C24H24N2O5Si2/c1-32(2,19-9-5-7-17(15-19)25-21(27)11-12-22(25)28)31-33(3,4)20-10-6-8-18(16-20)26-23(29)13-14-24(26)30/h5-16H,1-4H3. The maximum atomic E-state index is 12.1. The summed E-state index contributed by atoms with van der Waals surface area (Å²) in [4.78, 5) is 50.7. The average molecular weight is 477 g/mol. The highest BCUT2D eigenvalue weighted by Crippen LogP contribution is 2.23. The highest BCUT2D eigenvalue weighted by Gasteiger charge is 2.37. The van der Waals surface area contributed by atoms with Crippen molar-refractivity contribution >= 4 is 62.0 Å². The molecule has 0 radical (unpaired) electrons. The predicted molar refractivity (Wildman–Crippen MR) is 131 cm³/mol. The van der Waals surface area contributed by atoms with Gasteiger partial charge in [0.15, 0.2) is 0 Å². The zero-order chi connectivity index (χ0) is 24.0. The number of nitrogens with zero attached hydrogens (tertiary/aromatic N) is 2. The van der Waals surface area contributed by atoms with Gasteiger partial charge in [0.25, 0.3) is 23.6 Å². The van der Waals surface area contributed by atoms with Gasteiger partial charge in [-0.3, -0.25) is 19.2 Å². The molecule has 7 nitrogen and oxygen atoms in total. The monoisotopic (exact) mass is 476 g/mol. The Hall–Kier alpha value is -3.41. The summed E-state index contributed by atoms with van der Waals surface area (Å²) in [6, 6.07) is 14.8. The molecule has 2 heterocycles. The second-order valence-corrected chi connectivity index (χ2v) is 16.9. The first-order chi connectivity index (χ1) is 15.5. The summed E-state index contributed by atoms with van der Waals surface area (Å²) in [5.74, 6) is -1.43. The Morgan fingerprint density at radius 3 is 1.24 bits per heavy atom. The quantitative estimate of drug-likeness (QED) is 0.471. The maximum absolute atomic E-state index is 12.1. The van der Waals surface area contributed by atoms with Crippen LogP contribution in [0.1, 0.15) is 0 Å². The number of imide groups is 2. The first-order valence-electron chi connectivity index (χ1n) is 10.5. The molecule has 0 aromatic heterocycles. The van der Waals surface area contributed by atoms with Gasteiger partial charge in [0.05, 0.1) is 11.4 Å². The molecule has 0 atom stereocenters. The molecule has 2 aliphatic heterocycles. The van der Waals surface area contributed by atoms with Crippen molar-refractivity contribution in [3.05, 3.63) is 72.8 Å². The maximum Gasteiger partial charge on any atom is 0.258 e. The van der Waals surface area contributed by atoms with E-state index in [1.807, 2.05) is 36.4 Å². The van der Waals surface area contributed by atoms with Crippen LogP contribution in [0.25, 0.3) is 0 Å². The normalized spacial score (nSPS) is 16.5. The zero-order valence-electron chi connectivity index (χ0n) is 18.9.